The lowest BCUT2D eigenvalue weighted by Crippen LogP contribution is -2.52. The van der Waals surface area contributed by atoms with Gasteiger partial charge in [0.05, 0.1) is 0 Å². The van der Waals surface area contributed by atoms with Gasteiger partial charge in [-0.1, -0.05) is 17.7 Å². The lowest BCUT2D eigenvalue weighted by molar-refractivity contribution is -0.135. The number of nitrogens with zero attached hydrogens (tertiary/aromatic N) is 1. The highest BCUT2D eigenvalue weighted by atomic mass is 35.5. The molecule has 25 heavy (non-hydrogen) atoms. The smallest absolute Gasteiger partial charge is 0.322 e. The molecule has 0 radical (unpaired) electrons. The molecule has 2 aliphatic heterocycles. The molecule has 1 atom stereocenters. The molecule has 134 valence electrons. The van der Waals surface area contributed by atoms with Gasteiger partial charge in [-0.3, -0.25) is 14.9 Å². The SMILES string of the molecule is O=C1CC[C@@H](C(=O)N2CCC(Oc3cccc(Cl)c3)CC2)NC(=O)N1. The maximum Gasteiger partial charge on any atom is 0.322 e. The number of carbonyl (C=O) groups is 3. The van der Waals surface area contributed by atoms with Crippen LogP contribution >= 0.6 is 11.6 Å². The van der Waals surface area contributed by atoms with E-state index in [9.17, 15) is 14.4 Å². The number of nitrogens with one attached hydrogen (secondary N) is 2. The number of urea groups is 1. The molecular weight excluding hydrogens is 346 g/mol. The van der Waals surface area contributed by atoms with E-state index in [4.69, 9.17) is 16.3 Å². The molecule has 2 aliphatic rings. The maximum atomic E-state index is 12.6. The first-order valence-electron chi connectivity index (χ1n) is 8.32. The van der Waals surface area contributed by atoms with Crippen molar-refractivity contribution in [3.8, 4) is 5.75 Å². The zero-order chi connectivity index (χ0) is 17.8. The second-order valence-corrected chi connectivity index (χ2v) is 6.65. The molecule has 2 fully saturated rings. The fraction of sp³-hybridized carbons (Fsp3) is 0.471. The van der Waals surface area contributed by atoms with Crippen LogP contribution < -0.4 is 15.4 Å². The normalized spacial score (nSPS) is 22.0. The standard InChI is InChI=1S/C17H20ClN3O4/c18-11-2-1-3-13(10-11)25-12-6-8-21(9-7-12)16(23)14-4-5-15(22)20-17(24)19-14/h1-3,10,12,14H,4-9H2,(H2,19,20,22,24)/t14-/m0/s1. The summed E-state index contributed by atoms with van der Waals surface area (Å²) >= 11 is 5.95. The highest BCUT2D eigenvalue weighted by Crippen LogP contribution is 2.22. The molecule has 1 aromatic carbocycles. The van der Waals surface area contributed by atoms with E-state index in [1.807, 2.05) is 12.1 Å². The van der Waals surface area contributed by atoms with Crippen LogP contribution in [0.2, 0.25) is 5.02 Å². The Morgan fingerprint density at radius 2 is 1.96 bits per heavy atom. The highest BCUT2D eigenvalue weighted by Gasteiger charge is 2.32. The summed E-state index contributed by atoms with van der Waals surface area (Å²) in [6.45, 7) is 1.11. The summed E-state index contributed by atoms with van der Waals surface area (Å²) in [5.74, 6) is 0.213. The molecule has 0 bridgehead atoms. The van der Waals surface area contributed by atoms with E-state index in [-0.39, 0.29) is 24.3 Å². The number of imide groups is 1. The van der Waals surface area contributed by atoms with E-state index in [1.54, 1.807) is 17.0 Å². The van der Waals surface area contributed by atoms with E-state index in [2.05, 4.69) is 10.6 Å². The summed E-state index contributed by atoms with van der Waals surface area (Å²) in [5.41, 5.74) is 0. The van der Waals surface area contributed by atoms with Crippen molar-refractivity contribution in [1.29, 1.82) is 0 Å². The van der Waals surface area contributed by atoms with Crippen molar-refractivity contribution >= 4 is 29.4 Å². The summed E-state index contributed by atoms with van der Waals surface area (Å²) in [6.07, 6.45) is 1.90. The topological polar surface area (TPSA) is 87.7 Å². The third-order valence-electron chi connectivity index (χ3n) is 4.37. The molecule has 3 rings (SSSR count). The average molecular weight is 366 g/mol. The minimum absolute atomic E-state index is 0.0227. The minimum Gasteiger partial charge on any atom is -0.490 e. The van der Waals surface area contributed by atoms with Gasteiger partial charge in [0.25, 0.3) is 0 Å². The summed E-state index contributed by atoms with van der Waals surface area (Å²) in [6, 6.07) is 5.98. The Morgan fingerprint density at radius 1 is 1.20 bits per heavy atom. The van der Waals surface area contributed by atoms with Crippen molar-refractivity contribution in [2.24, 2.45) is 0 Å². The number of benzene rings is 1. The lowest BCUT2D eigenvalue weighted by Gasteiger charge is -2.34. The minimum atomic E-state index is -0.656. The summed E-state index contributed by atoms with van der Waals surface area (Å²) in [5, 5.41) is 5.36. The summed E-state index contributed by atoms with van der Waals surface area (Å²) < 4.78 is 5.91. The first kappa shape index (κ1) is 17.5. The van der Waals surface area contributed by atoms with Crippen molar-refractivity contribution in [2.75, 3.05) is 13.1 Å². The number of hydrogen-bond acceptors (Lipinski definition) is 4. The number of hydrogen-bond donors (Lipinski definition) is 2. The molecular formula is C17H20ClN3O4. The molecule has 2 N–H and O–H groups in total. The number of piperidine rings is 1. The van der Waals surface area contributed by atoms with Crippen molar-refractivity contribution < 1.29 is 19.1 Å². The van der Waals surface area contributed by atoms with Crippen LogP contribution in [0.1, 0.15) is 25.7 Å². The Hall–Kier alpha value is -2.28. The van der Waals surface area contributed by atoms with Gasteiger partial charge >= 0.3 is 6.03 Å². The molecule has 0 saturated carbocycles. The zero-order valence-corrected chi connectivity index (χ0v) is 14.4. The Kier molecular flexibility index (Phi) is 5.43. The molecule has 2 heterocycles. The first-order valence-corrected chi connectivity index (χ1v) is 8.70. The van der Waals surface area contributed by atoms with E-state index in [0.29, 0.717) is 37.4 Å². The van der Waals surface area contributed by atoms with Gasteiger partial charge in [0.1, 0.15) is 17.9 Å². The number of carbonyl (C=O) groups excluding carboxylic acids is 3. The molecule has 0 unspecified atom stereocenters. The van der Waals surface area contributed by atoms with Crippen LogP contribution in [0.3, 0.4) is 0 Å². The van der Waals surface area contributed by atoms with Crippen molar-refractivity contribution in [3.63, 3.8) is 0 Å². The maximum absolute atomic E-state index is 12.6. The number of likely N-dealkylation sites (tertiary alicyclic amines) is 1. The average Bonchev–Trinajstić information content (AvgIpc) is 2.75. The quantitative estimate of drug-likeness (QED) is 0.853. The lowest BCUT2D eigenvalue weighted by atomic mass is 10.0. The first-order chi connectivity index (χ1) is 12.0. The number of halogens is 1. The van der Waals surface area contributed by atoms with Gasteiger partial charge < -0.3 is 15.0 Å². The van der Waals surface area contributed by atoms with Crippen LogP contribution in [0.4, 0.5) is 4.79 Å². The van der Waals surface area contributed by atoms with Crippen LogP contribution in [0.15, 0.2) is 24.3 Å². The third-order valence-corrected chi connectivity index (χ3v) is 4.60. The van der Waals surface area contributed by atoms with Crippen LogP contribution in [0.5, 0.6) is 5.75 Å². The molecule has 7 nitrogen and oxygen atoms in total. The molecule has 8 heteroatoms. The molecule has 0 aliphatic carbocycles. The molecule has 0 spiro atoms. The van der Waals surface area contributed by atoms with Gasteiger partial charge in [0.15, 0.2) is 0 Å². The van der Waals surface area contributed by atoms with E-state index < -0.39 is 12.1 Å². The summed E-state index contributed by atoms with van der Waals surface area (Å²) in [7, 11) is 0. The van der Waals surface area contributed by atoms with E-state index in [1.165, 1.54) is 0 Å². The van der Waals surface area contributed by atoms with Crippen molar-refractivity contribution in [2.45, 2.75) is 37.8 Å². The predicted molar refractivity (Wildman–Crippen MR) is 91.4 cm³/mol. The Bertz CT molecular complexity index is 674. The van der Waals surface area contributed by atoms with Gasteiger partial charge in [-0.05, 0) is 24.6 Å². The van der Waals surface area contributed by atoms with E-state index >= 15 is 0 Å². The Labute approximate surface area is 150 Å². The largest absolute Gasteiger partial charge is 0.490 e. The van der Waals surface area contributed by atoms with Gasteiger partial charge in [-0.25, -0.2) is 4.79 Å². The van der Waals surface area contributed by atoms with E-state index in [0.717, 1.165) is 5.75 Å². The number of amides is 4. The van der Waals surface area contributed by atoms with Gasteiger partial charge in [0.2, 0.25) is 11.8 Å². The van der Waals surface area contributed by atoms with Crippen LogP contribution in [0, 0.1) is 0 Å². The predicted octanol–water partition coefficient (Wildman–Crippen LogP) is 1.70. The van der Waals surface area contributed by atoms with Gasteiger partial charge in [-0.2, -0.15) is 0 Å². The zero-order valence-electron chi connectivity index (χ0n) is 13.7. The van der Waals surface area contributed by atoms with Crippen molar-refractivity contribution in [3.05, 3.63) is 29.3 Å². The molecule has 2 saturated heterocycles. The molecule has 4 amide bonds. The van der Waals surface area contributed by atoms with Crippen LogP contribution in [-0.2, 0) is 9.59 Å². The van der Waals surface area contributed by atoms with Gasteiger partial charge in [0, 0.05) is 37.4 Å². The van der Waals surface area contributed by atoms with Crippen LogP contribution in [-0.4, -0.2) is 48.0 Å². The summed E-state index contributed by atoms with van der Waals surface area (Å²) in [4.78, 5) is 37.2. The second-order valence-electron chi connectivity index (χ2n) is 6.21. The van der Waals surface area contributed by atoms with Gasteiger partial charge in [-0.15, -0.1) is 0 Å². The second kappa shape index (κ2) is 7.74. The Morgan fingerprint density at radius 3 is 2.68 bits per heavy atom. The van der Waals surface area contributed by atoms with Crippen molar-refractivity contribution in [1.82, 2.24) is 15.5 Å². The number of ether oxygens (including phenoxy) is 1. The Balaban J connectivity index is 1.52. The highest BCUT2D eigenvalue weighted by molar-refractivity contribution is 6.30. The monoisotopic (exact) mass is 365 g/mol. The number of rotatable bonds is 3. The fourth-order valence-electron chi connectivity index (χ4n) is 3.06. The third kappa shape index (κ3) is 4.63. The fourth-order valence-corrected chi connectivity index (χ4v) is 3.24. The van der Waals surface area contributed by atoms with Crippen LogP contribution in [0.25, 0.3) is 0 Å². The molecule has 0 aromatic heterocycles. The molecule has 1 aromatic rings.